The summed E-state index contributed by atoms with van der Waals surface area (Å²) in [6.07, 6.45) is 2.97. The molecule has 0 aromatic carbocycles. The Morgan fingerprint density at radius 1 is 1.50 bits per heavy atom. The third-order valence-electron chi connectivity index (χ3n) is 1.83. The maximum Gasteiger partial charge on any atom is 0.223 e. The van der Waals surface area contributed by atoms with Crippen LogP contribution in [0.1, 0.15) is 25.8 Å². The zero-order chi connectivity index (χ0) is 10.6. The molecule has 14 heavy (non-hydrogen) atoms. The highest BCUT2D eigenvalue weighted by Crippen LogP contribution is 2.22. The van der Waals surface area contributed by atoms with Crippen LogP contribution in [0, 0.1) is 12.8 Å². The monoisotopic (exact) mass is 230 g/mol. The molecule has 0 aliphatic carbocycles. The summed E-state index contributed by atoms with van der Waals surface area (Å²) < 4.78 is 0. The topological polar surface area (TPSA) is 25.8 Å². The Kier molecular flexibility index (Phi) is 4.69. The number of rotatable bonds is 4. The lowest BCUT2D eigenvalue weighted by Crippen LogP contribution is -1.93. The Labute approximate surface area is 94.5 Å². The average molecular weight is 231 g/mol. The summed E-state index contributed by atoms with van der Waals surface area (Å²) in [7, 11) is 0. The first-order chi connectivity index (χ1) is 6.59. The van der Waals surface area contributed by atoms with Gasteiger partial charge in [-0.3, -0.25) is 0 Å². The van der Waals surface area contributed by atoms with Crippen molar-refractivity contribution in [1.29, 1.82) is 0 Å². The van der Waals surface area contributed by atoms with Crippen LogP contribution >= 0.6 is 23.4 Å². The maximum absolute atomic E-state index is 5.72. The van der Waals surface area contributed by atoms with Crippen LogP contribution in [-0.2, 0) is 0 Å². The van der Waals surface area contributed by atoms with E-state index in [0.717, 1.165) is 22.3 Å². The van der Waals surface area contributed by atoms with E-state index in [1.807, 2.05) is 6.92 Å². The lowest BCUT2D eigenvalue weighted by Gasteiger charge is -2.05. The van der Waals surface area contributed by atoms with E-state index in [4.69, 9.17) is 11.6 Å². The van der Waals surface area contributed by atoms with Crippen LogP contribution in [0.3, 0.4) is 0 Å². The molecule has 0 saturated heterocycles. The van der Waals surface area contributed by atoms with Gasteiger partial charge in [0.2, 0.25) is 5.28 Å². The van der Waals surface area contributed by atoms with Crippen LogP contribution in [0.2, 0.25) is 5.28 Å². The molecule has 0 spiro atoms. The van der Waals surface area contributed by atoms with Crippen molar-refractivity contribution in [2.45, 2.75) is 32.2 Å². The van der Waals surface area contributed by atoms with Crippen LogP contribution < -0.4 is 0 Å². The fraction of sp³-hybridized carbons (Fsp3) is 0.600. The van der Waals surface area contributed by atoms with Crippen LogP contribution in [0.4, 0.5) is 0 Å². The molecule has 1 aromatic heterocycles. The molecule has 0 atom stereocenters. The Morgan fingerprint density at radius 2 is 2.21 bits per heavy atom. The molecule has 0 fully saturated rings. The third kappa shape index (κ3) is 3.84. The molecule has 0 bridgehead atoms. The molecule has 0 aliphatic rings. The lowest BCUT2D eigenvalue weighted by molar-refractivity contribution is 0.632. The Balaban J connectivity index is 2.53. The number of aromatic nitrogens is 2. The molecule has 1 aromatic rings. The second-order valence-electron chi connectivity index (χ2n) is 3.66. The first-order valence-corrected chi connectivity index (χ1v) is 6.08. The first kappa shape index (κ1) is 11.8. The molecule has 0 unspecified atom stereocenters. The molecule has 0 amide bonds. The first-order valence-electron chi connectivity index (χ1n) is 4.71. The van der Waals surface area contributed by atoms with Gasteiger partial charge in [0, 0.05) is 6.20 Å². The molecular formula is C10H15ClN2S. The minimum atomic E-state index is 0.336. The minimum Gasteiger partial charge on any atom is -0.226 e. The number of aryl methyl sites for hydroxylation is 1. The highest BCUT2D eigenvalue weighted by molar-refractivity contribution is 7.99. The van der Waals surface area contributed by atoms with Gasteiger partial charge in [-0.05, 0) is 42.2 Å². The van der Waals surface area contributed by atoms with Gasteiger partial charge in [-0.25, -0.2) is 9.97 Å². The summed E-state index contributed by atoms with van der Waals surface area (Å²) >= 11 is 7.48. The molecule has 0 saturated carbocycles. The van der Waals surface area contributed by atoms with E-state index >= 15 is 0 Å². The van der Waals surface area contributed by atoms with E-state index in [-0.39, 0.29) is 0 Å². The van der Waals surface area contributed by atoms with Crippen LogP contribution in [0.25, 0.3) is 0 Å². The SMILES string of the molecule is Cc1cnc(Cl)nc1SCCC(C)C. The Morgan fingerprint density at radius 3 is 2.86 bits per heavy atom. The van der Waals surface area contributed by atoms with E-state index < -0.39 is 0 Å². The van der Waals surface area contributed by atoms with Gasteiger partial charge in [0.25, 0.3) is 0 Å². The highest BCUT2D eigenvalue weighted by Gasteiger charge is 2.03. The van der Waals surface area contributed by atoms with Gasteiger partial charge in [0.05, 0.1) is 0 Å². The standard InChI is InChI=1S/C10H15ClN2S/c1-7(2)4-5-14-9-8(3)6-12-10(11)13-9/h6-7H,4-5H2,1-3H3. The fourth-order valence-corrected chi connectivity index (χ4v) is 2.34. The Hall–Kier alpha value is -0.280. The van der Waals surface area contributed by atoms with E-state index in [1.165, 1.54) is 6.42 Å². The van der Waals surface area contributed by atoms with Crippen LogP contribution in [0.15, 0.2) is 11.2 Å². The van der Waals surface area contributed by atoms with Gasteiger partial charge >= 0.3 is 0 Å². The lowest BCUT2D eigenvalue weighted by atomic mass is 10.2. The van der Waals surface area contributed by atoms with E-state index in [9.17, 15) is 0 Å². The molecule has 0 radical (unpaired) electrons. The molecule has 0 aliphatic heterocycles. The second-order valence-corrected chi connectivity index (χ2v) is 5.08. The minimum absolute atomic E-state index is 0.336. The van der Waals surface area contributed by atoms with Crippen molar-refractivity contribution in [3.05, 3.63) is 17.0 Å². The van der Waals surface area contributed by atoms with Crippen molar-refractivity contribution >= 4 is 23.4 Å². The summed E-state index contributed by atoms with van der Waals surface area (Å²) in [5, 5.41) is 1.34. The van der Waals surface area contributed by atoms with Crippen molar-refractivity contribution in [1.82, 2.24) is 9.97 Å². The van der Waals surface area contributed by atoms with E-state index in [1.54, 1.807) is 18.0 Å². The van der Waals surface area contributed by atoms with E-state index in [2.05, 4.69) is 23.8 Å². The maximum atomic E-state index is 5.72. The summed E-state index contributed by atoms with van der Waals surface area (Å²) in [5.41, 5.74) is 1.10. The molecule has 1 heterocycles. The van der Waals surface area contributed by atoms with Gasteiger partial charge in [-0.2, -0.15) is 0 Å². The van der Waals surface area contributed by atoms with Crippen molar-refractivity contribution in [2.75, 3.05) is 5.75 Å². The van der Waals surface area contributed by atoms with Crippen molar-refractivity contribution in [2.24, 2.45) is 5.92 Å². The molecule has 4 heteroatoms. The van der Waals surface area contributed by atoms with Gasteiger partial charge in [0.1, 0.15) is 5.03 Å². The number of thioether (sulfide) groups is 1. The summed E-state index contributed by atoms with van der Waals surface area (Å²) in [6, 6.07) is 0. The van der Waals surface area contributed by atoms with Crippen molar-refractivity contribution in [3.63, 3.8) is 0 Å². The quantitative estimate of drug-likeness (QED) is 0.449. The number of halogens is 1. The molecule has 1 rings (SSSR count). The smallest absolute Gasteiger partial charge is 0.223 e. The number of hydrogen-bond acceptors (Lipinski definition) is 3. The summed E-state index contributed by atoms with van der Waals surface area (Å²) in [6.45, 7) is 6.45. The zero-order valence-electron chi connectivity index (χ0n) is 8.75. The number of hydrogen-bond donors (Lipinski definition) is 0. The molecule has 78 valence electrons. The highest BCUT2D eigenvalue weighted by atomic mass is 35.5. The average Bonchev–Trinajstić information content (AvgIpc) is 2.10. The normalized spacial score (nSPS) is 10.9. The Bertz CT molecular complexity index is 302. The van der Waals surface area contributed by atoms with Crippen LogP contribution in [0.5, 0.6) is 0 Å². The summed E-state index contributed by atoms with van der Waals surface area (Å²) in [4.78, 5) is 8.11. The largest absolute Gasteiger partial charge is 0.226 e. The zero-order valence-corrected chi connectivity index (χ0v) is 10.3. The van der Waals surface area contributed by atoms with Crippen LogP contribution in [-0.4, -0.2) is 15.7 Å². The van der Waals surface area contributed by atoms with Crippen molar-refractivity contribution < 1.29 is 0 Å². The van der Waals surface area contributed by atoms with Crippen molar-refractivity contribution in [3.8, 4) is 0 Å². The predicted octanol–water partition coefficient (Wildman–Crippen LogP) is 3.58. The third-order valence-corrected chi connectivity index (χ3v) is 3.14. The van der Waals surface area contributed by atoms with Gasteiger partial charge in [0.15, 0.2) is 0 Å². The predicted molar refractivity (Wildman–Crippen MR) is 62.0 cm³/mol. The molecular weight excluding hydrogens is 216 g/mol. The van der Waals surface area contributed by atoms with E-state index in [0.29, 0.717) is 5.28 Å². The van der Waals surface area contributed by atoms with Gasteiger partial charge in [-0.1, -0.05) is 13.8 Å². The second kappa shape index (κ2) is 5.56. The molecule has 0 N–H and O–H groups in total. The fourth-order valence-electron chi connectivity index (χ4n) is 0.944. The molecule has 2 nitrogen and oxygen atoms in total. The number of nitrogens with zero attached hydrogens (tertiary/aromatic N) is 2. The van der Waals surface area contributed by atoms with Gasteiger partial charge < -0.3 is 0 Å². The van der Waals surface area contributed by atoms with Gasteiger partial charge in [-0.15, -0.1) is 11.8 Å². The summed E-state index contributed by atoms with van der Waals surface area (Å²) in [5.74, 6) is 1.83.